The van der Waals surface area contributed by atoms with Gasteiger partial charge in [-0.3, -0.25) is 0 Å². The molecule has 1 aromatic rings. The summed E-state index contributed by atoms with van der Waals surface area (Å²) in [4.78, 5) is 0. The summed E-state index contributed by atoms with van der Waals surface area (Å²) in [7, 11) is 0. The molecule has 0 atom stereocenters. The van der Waals surface area contributed by atoms with E-state index in [1.54, 1.807) is 31.2 Å². The molecular weight excluding hydrogens is 266 g/mol. The molecule has 0 aliphatic heterocycles. The first kappa shape index (κ1) is 14.9. The summed E-state index contributed by atoms with van der Waals surface area (Å²) in [5.74, 6) is -0.187. The van der Waals surface area contributed by atoms with Gasteiger partial charge in [-0.25, -0.2) is 0 Å². The van der Waals surface area contributed by atoms with E-state index in [9.17, 15) is 8.78 Å². The average Bonchev–Trinajstić information content (AvgIpc) is 2.41. The summed E-state index contributed by atoms with van der Waals surface area (Å²) in [5, 5.41) is 28.8. The van der Waals surface area contributed by atoms with Gasteiger partial charge in [0.15, 0.2) is 5.57 Å². The predicted molar refractivity (Wildman–Crippen MR) is 65.3 cm³/mol. The van der Waals surface area contributed by atoms with E-state index in [-0.39, 0.29) is 17.1 Å². The Morgan fingerprint density at radius 1 is 1.20 bits per heavy atom. The van der Waals surface area contributed by atoms with Crippen molar-refractivity contribution in [3.63, 3.8) is 0 Å². The highest BCUT2D eigenvalue weighted by Gasteiger charge is 2.13. The highest BCUT2D eigenvalue weighted by atomic mass is 19.3. The van der Waals surface area contributed by atoms with Crippen LogP contribution >= 0.6 is 0 Å². The van der Waals surface area contributed by atoms with Crippen LogP contribution in [-0.4, -0.2) is 6.61 Å². The van der Waals surface area contributed by atoms with E-state index in [0.29, 0.717) is 0 Å². The molecule has 0 saturated heterocycles. The van der Waals surface area contributed by atoms with Gasteiger partial charge < -0.3 is 10.1 Å². The number of hydrogen-bond donors (Lipinski definition) is 1. The third kappa shape index (κ3) is 3.69. The molecule has 1 aromatic carbocycles. The smallest absolute Gasteiger partial charge is 0.387 e. The average molecular weight is 274 g/mol. The molecule has 0 bridgehead atoms. The monoisotopic (exact) mass is 274 g/mol. The van der Waals surface area contributed by atoms with Crippen LogP contribution in [0.25, 0.3) is 0 Å². The molecule has 1 rings (SSSR count). The lowest BCUT2D eigenvalue weighted by atomic mass is 10.2. The van der Waals surface area contributed by atoms with E-state index < -0.39 is 12.2 Å². The van der Waals surface area contributed by atoms with Crippen LogP contribution in [0.1, 0.15) is 5.56 Å². The van der Waals surface area contributed by atoms with Crippen molar-refractivity contribution in [1.29, 1.82) is 15.8 Å². The molecule has 0 aliphatic rings. The summed E-state index contributed by atoms with van der Waals surface area (Å²) in [6.45, 7) is -1.32. The summed E-state index contributed by atoms with van der Waals surface area (Å²) >= 11 is 0. The van der Waals surface area contributed by atoms with Gasteiger partial charge in [0.05, 0.1) is 5.69 Å². The van der Waals surface area contributed by atoms with Crippen LogP contribution in [0.4, 0.5) is 14.5 Å². The number of rotatable bonds is 4. The van der Waals surface area contributed by atoms with Crippen LogP contribution in [0, 0.1) is 40.9 Å². The maximum Gasteiger partial charge on any atom is 0.387 e. The third-order valence-corrected chi connectivity index (χ3v) is 2.20. The topological polar surface area (TPSA) is 92.6 Å². The second-order valence-electron chi connectivity index (χ2n) is 3.59. The SMILES string of the molecule is Cc1ccc(OC(F)F)c(NC(C#N)=C(C#N)C#N)c1. The minimum Gasteiger partial charge on any atom is -0.433 e. The number of nitrogens with zero attached hydrogens (tertiary/aromatic N) is 3. The summed E-state index contributed by atoms with van der Waals surface area (Å²) in [6.07, 6.45) is 0. The third-order valence-electron chi connectivity index (χ3n) is 2.20. The number of nitrogens with one attached hydrogen (secondary N) is 1. The van der Waals surface area contributed by atoms with Gasteiger partial charge in [0.1, 0.15) is 29.7 Å². The standard InChI is InChI=1S/C13H8F2N4O/c1-8-2-3-12(20-13(14)15)10(4-8)19-11(7-18)9(5-16)6-17/h2-4,13,19H,1H3. The number of ether oxygens (including phenoxy) is 1. The van der Waals surface area contributed by atoms with Crippen LogP contribution in [0.2, 0.25) is 0 Å². The van der Waals surface area contributed by atoms with Crippen LogP contribution in [-0.2, 0) is 0 Å². The Hall–Kier alpha value is -3.11. The molecule has 0 aromatic heterocycles. The molecule has 100 valence electrons. The highest BCUT2D eigenvalue weighted by Crippen LogP contribution is 2.28. The van der Waals surface area contributed by atoms with Crippen molar-refractivity contribution in [2.45, 2.75) is 13.5 Å². The summed E-state index contributed by atoms with van der Waals surface area (Å²) in [5.41, 5.74) is 0.0171. The number of hydrogen-bond acceptors (Lipinski definition) is 5. The quantitative estimate of drug-likeness (QED) is 0.852. The fourth-order valence-corrected chi connectivity index (χ4v) is 1.36. The molecule has 0 unspecified atom stereocenters. The first-order chi connectivity index (χ1) is 9.51. The Balaban J connectivity index is 3.24. The van der Waals surface area contributed by atoms with Crippen molar-refractivity contribution in [3.05, 3.63) is 35.0 Å². The van der Waals surface area contributed by atoms with Gasteiger partial charge in [0.2, 0.25) is 0 Å². The summed E-state index contributed by atoms with van der Waals surface area (Å²) < 4.78 is 28.9. The minimum absolute atomic E-state index is 0.0739. The zero-order chi connectivity index (χ0) is 15.1. The molecule has 0 spiro atoms. The fraction of sp³-hybridized carbons (Fsp3) is 0.154. The van der Waals surface area contributed by atoms with Gasteiger partial charge in [0, 0.05) is 0 Å². The van der Waals surface area contributed by atoms with Gasteiger partial charge in [-0.2, -0.15) is 24.6 Å². The van der Waals surface area contributed by atoms with Gasteiger partial charge in [-0.1, -0.05) is 6.07 Å². The van der Waals surface area contributed by atoms with E-state index in [2.05, 4.69) is 10.1 Å². The number of halogens is 2. The van der Waals surface area contributed by atoms with Crippen molar-refractivity contribution in [3.8, 4) is 24.0 Å². The number of aryl methyl sites for hydroxylation is 1. The maximum absolute atomic E-state index is 12.3. The molecule has 0 amide bonds. The summed E-state index contributed by atoms with van der Waals surface area (Å²) in [6, 6.07) is 9.03. The fourth-order valence-electron chi connectivity index (χ4n) is 1.36. The number of benzene rings is 1. The highest BCUT2D eigenvalue weighted by molar-refractivity contribution is 5.65. The minimum atomic E-state index is -3.03. The Bertz CT molecular complexity index is 646. The van der Waals surface area contributed by atoms with E-state index in [4.69, 9.17) is 15.8 Å². The Morgan fingerprint density at radius 2 is 1.85 bits per heavy atom. The molecule has 0 fully saturated rings. The molecular formula is C13H8F2N4O. The van der Waals surface area contributed by atoms with Gasteiger partial charge >= 0.3 is 6.61 Å². The predicted octanol–water partition coefficient (Wildman–Crippen LogP) is 2.83. The first-order valence-electron chi connectivity index (χ1n) is 5.29. The van der Waals surface area contributed by atoms with E-state index >= 15 is 0 Å². The number of allylic oxidation sites excluding steroid dienone is 2. The van der Waals surface area contributed by atoms with Crippen LogP contribution in [0.15, 0.2) is 29.5 Å². The van der Waals surface area contributed by atoms with Crippen molar-refractivity contribution >= 4 is 5.69 Å². The molecule has 0 aliphatic carbocycles. The maximum atomic E-state index is 12.3. The second kappa shape index (κ2) is 6.72. The van der Waals surface area contributed by atoms with Gasteiger partial charge in [-0.05, 0) is 24.6 Å². The lowest BCUT2D eigenvalue weighted by Gasteiger charge is -2.12. The van der Waals surface area contributed by atoms with Crippen molar-refractivity contribution in [1.82, 2.24) is 0 Å². The number of nitriles is 3. The number of anilines is 1. The molecule has 7 heteroatoms. The van der Waals surface area contributed by atoms with E-state index in [1.807, 2.05) is 0 Å². The molecule has 0 radical (unpaired) electrons. The first-order valence-corrected chi connectivity index (χ1v) is 5.29. The largest absolute Gasteiger partial charge is 0.433 e. The molecule has 5 nitrogen and oxygen atoms in total. The zero-order valence-corrected chi connectivity index (χ0v) is 10.3. The molecule has 0 saturated carbocycles. The number of alkyl halides is 2. The van der Waals surface area contributed by atoms with Crippen molar-refractivity contribution < 1.29 is 13.5 Å². The van der Waals surface area contributed by atoms with Crippen LogP contribution in [0.5, 0.6) is 5.75 Å². The lowest BCUT2D eigenvalue weighted by molar-refractivity contribution is -0.0493. The molecule has 0 heterocycles. The van der Waals surface area contributed by atoms with Crippen molar-refractivity contribution in [2.75, 3.05) is 5.32 Å². The van der Waals surface area contributed by atoms with Crippen molar-refractivity contribution in [2.24, 2.45) is 0 Å². The Kier molecular flexibility index (Phi) is 5.03. The normalized spacial score (nSPS) is 9.05. The van der Waals surface area contributed by atoms with Crippen LogP contribution < -0.4 is 10.1 Å². The lowest BCUT2D eigenvalue weighted by Crippen LogP contribution is -2.07. The van der Waals surface area contributed by atoms with E-state index in [1.165, 1.54) is 12.1 Å². The zero-order valence-electron chi connectivity index (χ0n) is 10.3. The second-order valence-corrected chi connectivity index (χ2v) is 3.59. The van der Waals surface area contributed by atoms with Gasteiger partial charge in [-0.15, -0.1) is 0 Å². The Morgan fingerprint density at radius 3 is 2.35 bits per heavy atom. The van der Waals surface area contributed by atoms with Crippen LogP contribution in [0.3, 0.4) is 0 Å². The molecule has 20 heavy (non-hydrogen) atoms. The van der Waals surface area contributed by atoms with Gasteiger partial charge in [0.25, 0.3) is 0 Å². The van der Waals surface area contributed by atoms with E-state index in [0.717, 1.165) is 5.56 Å². The molecule has 1 N–H and O–H groups in total. The Labute approximate surface area is 113 Å².